The molecular formula is C49H59N3O15S. The fourth-order valence-electron chi connectivity index (χ4n) is 10.9. The Kier molecular flexibility index (Phi) is 12.0. The lowest BCUT2D eigenvalue weighted by atomic mass is 9.73. The Morgan fingerprint density at radius 1 is 0.838 bits per heavy atom. The van der Waals surface area contributed by atoms with Crippen molar-refractivity contribution in [2.45, 2.75) is 128 Å². The van der Waals surface area contributed by atoms with Gasteiger partial charge in [-0.1, -0.05) is 6.07 Å². The van der Waals surface area contributed by atoms with Crippen molar-refractivity contribution in [1.29, 1.82) is 0 Å². The van der Waals surface area contributed by atoms with E-state index in [0.717, 1.165) is 11.1 Å². The third kappa shape index (κ3) is 7.92. The highest BCUT2D eigenvalue weighted by Crippen LogP contribution is 2.64. The Balaban J connectivity index is 1.26. The Morgan fingerprint density at radius 2 is 1.53 bits per heavy atom. The lowest BCUT2D eigenvalue weighted by Gasteiger charge is -2.62. The van der Waals surface area contributed by atoms with Crippen LogP contribution >= 0.6 is 11.8 Å². The average molecular weight is 962 g/mol. The normalized spacial score (nSPS) is 26.0. The largest absolute Gasteiger partial charge is 0.514 e. The molecule has 10 rings (SSSR count). The summed E-state index contributed by atoms with van der Waals surface area (Å²) in [6, 6.07) is 2.67. The second kappa shape index (κ2) is 17.2. The molecule has 7 atom stereocenters. The number of methoxy groups -OCH3 is 2. The summed E-state index contributed by atoms with van der Waals surface area (Å²) in [5.74, 6) is 0.795. The first-order chi connectivity index (χ1) is 32.1. The minimum absolute atomic E-state index is 0.0433. The number of aliphatic hydroxyl groups excluding tert-OH is 1. The van der Waals surface area contributed by atoms with Crippen LogP contribution in [0.4, 0.5) is 9.59 Å². The van der Waals surface area contributed by atoms with E-state index >= 15 is 4.79 Å². The average Bonchev–Trinajstić information content (AvgIpc) is 3.74. The number of nitrogens with one attached hydrogen (secondary N) is 1. The van der Waals surface area contributed by atoms with Gasteiger partial charge >= 0.3 is 24.2 Å². The number of likely N-dealkylation sites (N-methyl/N-ethyl adjacent to an activating group) is 1. The van der Waals surface area contributed by atoms with Crippen molar-refractivity contribution >= 4 is 36.0 Å². The predicted octanol–water partition coefficient (Wildman–Crippen LogP) is 6.63. The van der Waals surface area contributed by atoms with Crippen molar-refractivity contribution in [3.8, 4) is 40.2 Å². The summed E-state index contributed by atoms with van der Waals surface area (Å²) in [4.78, 5) is 59.0. The summed E-state index contributed by atoms with van der Waals surface area (Å²) < 4.78 is 60.0. The van der Waals surface area contributed by atoms with Gasteiger partial charge in [0.05, 0.1) is 37.6 Å². The highest BCUT2D eigenvalue weighted by molar-refractivity contribution is 7.99. The number of hydrogen-bond acceptors (Lipinski definition) is 19. The number of aliphatic hydroxyl groups is 1. The standard InChI is InChI=1S/C49H59N3O15S/c1-22-15-26-16-28-43(54)52-29-19-60-44(55)49(27-18-30(58-11)31(17-25(27)13-14-50-49)64-45(56)66-47(4,5)6)20-68-42(34-33(29)40-39(61-21-62-40)23(2)38(34)63-24(3)53)36(52)35(51(28)10)32(26)41(37(22)59-12)65-46(57)67-48(7,8)9/h15,17-18,28-29,35-36,42-43,50,54H,13-14,16,19-21H2,1-12H3/t28-,29-,35-,36?,42+,43-,49+/m0/s1. The van der Waals surface area contributed by atoms with Gasteiger partial charge in [-0.25, -0.2) is 14.4 Å². The maximum atomic E-state index is 15.1. The summed E-state index contributed by atoms with van der Waals surface area (Å²) in [5, 5.41) is 15.7. The van der Waals surface area contributed by atoms with E-state index in [9.17, 15) is 19.5 Å². The second-order valence-electron chi connectivity index (χ2n) is 20.0. The summed E-state index contributed by atoms with van der Waals surface area (Å²) in [7, 11) is 4.89. The molecule has 4 bridgehead atoms. The van der Waals surface area contributed by atoms with Crippen LogP contribution in [0.1, 0.15) is 110 Å². The number of nitrogens with zero attached hydrogens (tertiary/aromatic N) is 2. The Labute approximate surface area is 399 Å². The minimum Gasteiger partial charge on any atom is -0.493 e. The van der Waals surface area contributed by atoms with E-state index in [-0.39, 0.29) is 42.2 Å². The van der Waals surface area contributed by atoms with Crippen LogP contribution in [0.2, 0.25) is 0 Å². The third-order valence-electron chi connectivity index (χ3n) is 13.4. The molecule has 7 aliphatic heterocycles. The van der Waals surface area contributed by atoms with Gasteiger partial charge in [-0.15, -0.1) is 11.8 Å². The zero-order valence-electron chi connectivity index (χ0n) is 40.4. The van der Waals surface area contributed by atoms with Crippen LogP contribution < -0.4 is 38.5 Å². The maximum absolute atomic E-state index is 15.1. The SMILES string of the molecule is COc1cc2c(cc1OC(=O)OC(C)(C)C)CCN[C@]21CS[C@@H]2c3c(OC(C)=O)c(C)c4c(c3[C@H](COC1=O)N1C2[C@@H]2c3c(cc(C)c(OC)c3OC(=O)OC(C)(C)C)C[C@@H]([C@@H]1O)N2C)OCO4. The number of carbonyl (C=O) groups is 4. The van der Waals surface area contributed by atoms with Crippen molar-refractivity contribution in [1.82, 2.24) is 15.1 Å². The Bertz CT molecular complexity index is 2610. The number of ether oxygens (including phenoxy) is 10. The van der Waals surface area contributed by atoms with E-state index in [1.165, 1.54) is 32.9 Å². The molecule has 2 N–H and O–H groups in total. The van der Waals surface area contributed by atoms with Crippen molar-refractivity contribution in [3.05, 3.63) is 62.7 Å². The zero-order valence-corrected chi connectivity index (χ0v) is 41.2. The number of thioether (sulfide) groups is 1. The van der Waals surface area contributed by atoms with Gasteiger partial charge in [-0.2, -0.15) is 0 Å². The lowest BCUT2D eigenvalue weighted by molar-refractivity contribution is -0.186. The predicted molar refractivity (Wildman–Crippen MR) is 245 cm³/mol. The summed E-state index contributed by atoms with van der Waals surface area (Å²) in [5.41, 5.74) is 2.02. The van der Waals surface area contributed by atoms with Gasteiger partial charge in [-0.3, -0.25) is 19.9 Å². The molecule has 3 aromatic carbocycles. The number of aryl methyl sites for hydroxylation is 1. The van der Waals surface area contributed by atoms with E-state index in [0.29, 0.717) is 70.0 Å². The Hall–Kier alpha value is -5.47. The molecule has 7 aliphatic rings. The molecule has 19 heteroatoms. The van der Waals surface area contributed by atoms with Crippen LogP contribution in [-0.2, 0) is 42.2 Å². The lowest BCUT2D eigenvalue weighted by Crippen LogP contribution is -2.70. The van der Waals surface area contributed by atoms with Crippen molar-refractivity contribution in [3.63, 3.8) is 0 Å². The van der Waals surface area contributed by atoms with Gasteiger partial charge in [0, 0.05) is 47.5 Å². The van der Waals surface area contributed by atoms with Gasteiger partial charge in [0.15, 0.2) is 40.0 Å². The summed E-state index contributed by atoms with van der Waals surface area (Å²) in [6.07, 6.45) is -2.15. The highest BCUT2D eigenvalue weighted by atomic mass is 32.2. The maximum Gasteiger partial charge on any atom is 0.514 e. The molecule has 2 saturated heterocycles. The number of carbonyl (C=O) groups excluding carboxylic acids is 4. The quantitative estimate of drug-likeness (QED) is 0.119. The molecular weight excluding hydrogens is 903 g/mol. The molecule has 0 radical (unpaired) electrons. The molecule has 0 amide bonds. The number of rotatable bonds is 5. The monoisotopic (exact) mass is 961 g/mol. The molecule has 1 spiro atoms. The first kappa shape index (κ1) is 47.6. The highest BCUT2D eigenvalue weighted by Gasteiger charge is 2.62. The van der Waals surface area contributed by atoms with Crippen LogP contribution in [0, 0.1) is 13.8 Å². The summed E-state index contributed by atoms with van der Waals surface area (Å²) >= 11 is 1.41. The molecule has 2 fully saturated rings. The van der Waals surface area contributed by atoms with E-state index in [2.05, 4.69) is 10.2 Å². The first-order valence-corrected chi connectivity index (χ1v) is 23.7. The second-order valence-corrected chi connectivity index (χ2v) is 21.2. The van der Waals surface area contributed by atoms with Gasteiger partial charge in [0.2, 0.25) is 6.79 Å². The van der Waals surface area contributed by atoms with Crippen LogP contribution in [0.3, 0.4) is 0 Å². The van der Waals surface area contributed by atoms with Crippen molar-refractivity contribution in [2.75, 3.05) is 47.0 Å². The van der Waals surface area contributed by atoms with E-state index < -0.39 is 76.6 Å². The first-order valence-electron chi connectivity index (χ1n) is 22.7. The van der Waals surface area contributed by atoms with Crippen LogP contribution in [0.5, 0.6) is 40.2 Å². The molecule has 18 nitrogen and oxygen atoms in total. The topological polar surface area (TPSA) is 199 Å². The van der Waals surface area contributed by atoms with Crippen LogP contribution in [0.25, 0.3) is 0 Å². The summed E-state index contributed by atoms with van der Waals surface area (Å²) in [6.45, 7) is 15.4. The number of esters is 2. The van der Waals surface area contributed by atoms with E-state index in [1.807, 2.05) is 24.9 Å². The molecule has 7 heterocycles. The number of fused-ring (bicyclic) bond motifs is 9. The fourth-order valence-corrected chi connectivity index (χ4v) is 12.5. The smallest absolute Gasteiger partial charge is 0.493 e. The Morgan fingerprint density at radius 3 is 2.19 bits per heavy atom. The van der Waals surface area contributed by atoms with Crippen molar-refractivity contribution in [2.24, 2.45) is 0 Å². The van der Waals surface area contributed by atoms with E-state index in [1.54, 1.807) is 60.6 Å². The minimum atomic E-state index is -1.50. The number of benzene rings is 3. The van der Waals surface area contributed by atoms with Gasteiger partial charge in [-0.05, 0) is 110 Å². The van der Waals surface area contributed by atoms with E-state index in [4.69, 9.17) is 47.4 Å². The molecule has 3 aromatic rings. The third-order valence-corrected chi connectivity index (χ3v) is 14.9. The molecule has 366 valence electrons. The van der Waals surface area contributed by atoms with Crippen LogP contribution in [0.15, 0.2) is 18.2 Å². The number of piperazine rings is 1. The van der Waals surface area contributed by atoms with Gasteiger partial charge in [0.25, 0.3) is 0 Å². The van der Waals surface area contributed by atoms with Gasteiger partial charge < -0.3 is 52.5 Å². The van der Waals surface area contributed by atoms with Crippen molar-refractivity contribution < 1.29 is 71.7 Å². The molecule has 1 unspecified atom stereocenters. The number of hydrogen-bond donors (Lipinski definition) is 2. The molecule has 68 heavy (non-hydrogen) atoms. The molecule has 0 aliphatic carbocycles. The molecule has 0 saturated carbocycles. The zero-order chi connectivity index (χ0) is 48.9. The van der Waals surface area contributed by atoms with Crippen LogP contribution in [-0.4, -0.2) is 116 Å². The molecule has 0 aromatic heterocycles. The van der Waals surface area contributed by atoms with Gasteiger partial charge in [0.1, 0.15) is 29.8 Å². The fraction of sp³-hybridized carbons (Fsp3) is 0.551.